The number of hydrogen-bond acceptors (Lipinski definition) is 4. The molecule has 2 aliphatic heterocycles. The second kappa shape index (κ2) is 6.23. The number of amides is 1. The van der Waals surface area contributed by atoms with Crippen LogP contribution in [0, 0.1) is 5.92 Å². The van der Waals surface area contributed by atoms with Gasteiger partial charge in [0.15, 0.2) is 0 Å². The van der Waals surface area contributed by atoms with Crippen LogP contribution >= 0.6 is 0 Å². The molecule has 2 aliphatic rings. The van der Waals surface area contributed by atoms with Crippen LogP contribution in [0.2, 0.25) is 0 Å². The minimum absolute atomic E-state index is 0.0954. The zero-order valence-corrected chi connectivity index (χ0v) is 14.0. The smallest absolute Gasteiger partial charge is 0.232 e. The lowest BCUT2D eigenvalue weighted by atomic mass is 9.90. The molecule has 0 spiro atoms. The fourth-order valence-corrected chi connectivity index (χ4v) is 3.64. The first-order chi connectivity index (χ1) is 11.7. The number of nitrogens with zero attached hydrogens (tertiary/aromatic N) is 4. The normalized spacial score (nSPS) is 18.1. The third-order valence-electron chi connectivity index (χ3n) is 5.13. The van der Waals surface area contributed by atoms with Crippen molar-refractivity contribution in [3.63, 3.8) is 0 Å². The van der Waals surface area contributed by atoms with Gasteiger partial charge in [-0.3, -0.25) is 9.69 Å². The molecular weight excluding hydrogens is 300 g/mol. The highest BCUT2D eigenvalue weighted by molar-refractivity contribution is 5.99. The predicted octanol–water partition coefficient (Wildman–Crippen LogP) is 2.45. The van der Waals surface area contributed by atoms with Crippen molar-refractivity contribution < 1.29 is 4.79 Å². The van der Waals surface area contributed by atoms with Crippen LogP contribution in [0.3, 0.4) is 0 Å². The van der Waals surface area contributed by atoms with E-state index in [-0.39, 0.29) is 5.91 Å². The lowest BCUT2D eigenvalue weighted by Gasteiger charge is -2.32. The van der Waals surface area contributed by atoms with E-state index >= 15 is 0 Å². The van der Waals surface area contributed by atoms with Crippen molar-refractivity contribution in [1.29, 1.82) is 0 Å². The van der Waals surface area contributed by atoms with Gasteiger partial charge in [-0.25, -0.2) is 4.98 Å². The minimum Gasteiger partial charge on any atom is -0.341 e. The van der Waals surface area contributed by atoms with Crippen LogP contribution in [0.4, 0.5) is 11.8 Å². The molecule has 1 saturated heterocycles. The molecular formula is C19H22N4O. The van der Waals surface area contributed by atoms with E-state index in [2.05, 4.69) is 45.2 Å². The summed E-state index contributed by atoms with van der Waals surface area (Å²) < 4.78 is 0. The number of piperidine rings is 1. The molecule has 124 valence electrons. The molecule has 0 aliphatic carbocycles. The number of carbonyl (C=O) groups excluding carboxylic acids is 1. The lowest BCUT2D eigenvalue weighted by molar-refractivity contribution is -0.117. The standard InChI is InChI=1S/C19H22N4O/c1-22-17(24)12-16-13-20-19(21-18(16)22)23-9-7-15(8-10-23)11-14-5-3-2-4-6-14/h2-6,13,15H,7-12H2,1H3. The van der Waals surface area contributed by atoms with E-state index in [0.29, 0.717) is 6.42 Å². The molecule has 0 bridgehead atoms. The monoisotopic (exact) mass is 322 g/mol. The topological polar surface area (TPSA) is 49.3 Å². The summed E-state index contributed by atoms with van der Waals surface area (Å²) in [6, 6.07) is 10.7. The quantitative estimate of drug-likeness (QED) is 0.871. The Bertz CT molecular complexity index is 738. The largest absolute Gasteiger partial charge is 0.341 e. The van der Waals surface area contributed by atoms with E-state index in [1.54, 1.807) is 11.9 Å². The van der Waals surface area contributed by atoms with Crippen molar-refractivity contribution >= 4 is 17.7 Å². The summed E-state index contributed by atoms with van der Waals surface area (Å²) in [7, 11) is 1.79. The van der Waals surface area contributed by atoms with Crippen molar-refractivity contribution in [3.05, 3.63) is 47.7 Å². The average molecular weight is 322 g/mol. The third-order valence-corrected chi connectivity index (χ3v) is 5.13. The van der Waals surface area contributed by atoms with Crippen LogP contribution in [0.25, 0.3) is 0 Å². The molecule has 0 radical (unpaired) electrons. The van der Waals surface area contributed by atoms with Crippen LogP contribution in [-0.2, 0) is 17.6 Å². The molecule has 4 rings (SSSR count). The van der Waals surface area contributed by atoms with Crippen LogP contribution < -0.4 is 9.80 Å². The Morgan fingerprint density at radius 2 is 1.92 bits per heavy atom. The van der Waals surface area contributed by atoms with Crippen molar-refractivity contribution in [2.24, 2.45) is 5.92 Å². The molecule has 0 unspecified atom stereocenters. The number of benzene rings is 1. The molecule has 5 nitrogen and oxygen atoms in total. The highest BCUT2D eigenvalue weighted by Crippen LogP contribution is 2.29. The lowest BCUT2D eigenvalue weighted by Crippen LogP contribution is -2.35. The number of likely N-dealkylation sites (N-methyl/N-ethyl adjacent to an activating group) is 1. The second-order valence-corrected chi connectivity index (χ2v) is 6.77. The first-order valence-corrected chi connectivity index (χ1v) is 8.62. The molecule has 0 N–H and O–H groups in total. The van der Waals surface area contributed by atoms with E-state index in [1.165, 1.54) is 5.56 Å². The molecule has 3 heterocycles. The van der Waals surface area contributed by atoms with Gasteiger partial charge in [0, 0.05) is 31.9 Å². The predicted molar refractivity (Wildman–Crippen MR) is 94.2 cm³/mol. The van der Waals surface area contributed by atoms with Crippen LogP contribution in [0.1, 0.15) is 24.0 Å². The SMILES string of the molecule is CN1C(=O)Cc2cnc(N3CCC(Cc4ccccc4)CC3)nc21. The molecule has 24 heavy (non-hydrogen) atoms. The molecule has 1 amide bonds. The summed E-state index contributed by atoms with van der Waals surface area (Å²) in [5.74, 6) is 2.35. The number of anilines is 2. The van der Waals surface area contributed by atoms with E-state index in [1.807, 2.05) is 6.20 Å². The van der Waals surface area contributed by atoms with Crippen molar-refractivity contribution in [1.82, 2.24) is 9.97 Å². The highest BCUT2D eigenvalue weighted by atomic mass is 16.2. The average Bonchev–Trinajstić information content (AvgIpc) is 2.90. The van der Waals surface area contributed by atoms with Gasteiger partial charge in [-0.05, 0) is 30.7 Å². The summed E-state index contributed by atoms with van der Waals surface area (Å²) in [6.45, 7) is 1.96. The summed E-state index contributed by atoms with van der Waals surface area (Å²) in [5, 5.41) is 0. The number of aromatic nitrogens is 2. The summed E-state index contributed by atoms with van der Waals surface area (Å²) in [4.78, 5) is 24.8. The van der Waals surface area contributed by atoms with Crippen LogP contribution in [-0.4, -0.2) is 36.0 Å². The molecule has 0 saturated carbocycles. The van der Waals surface area contributed by atoms with Crippen molar-refractivity contribution in [3.8, 4) is 0 Å². The first-order valence-electron chi connectivity index (χ1n) is 8.62. The van der Waals surface area contributed by atoms with Gasteiger partial charge >= 0.3 is 0 Å². The Hall–Kier alpha value is -2.43. The van der Waals surface area contributed by atoms with Gasteiger partial charge in [0.1, 0.15) is 5.82 Å². The second-order valence-electron chi connectivity index (χ2n) is 6.77. The van der Waals surface area contributed by atoms with Crippen molar-refractivity contribution in [2.75, 3.05) is 29.9 Å². The zero-order chi connectivity index (χ0) is 16.5. The Kier molecular flexibility index (Phi) is 3.92. The van der Waals surface area contributed by atoms with Gasteiger partial charge in [0.2, 0.25) is 11.9 Å². The summed E-state index contributed by atoms with van der Waals surface area (Å²) >= 11 is 0. The van der Waals surface area contributed by atoms with Gasteiger partial charge < -0.3 is 4.90 Å². The van der Waals surface area contributed by atoms with Crippen LogP contribution in [0.15, 0.2) is 36.5 Å². The number of hydrogen-bond donors (Lipinski definition) is 0. The summed E-state index contributed by atoms with van der Waals surface area (Å²) in [6.07, 6.45) is 5.70. The number of fused-ring (bicyclic) bond motifs is 1. The third kappa shape index (κ3) is 2.86. The molecule has 5 heteroatoms. The molecule has 2 aromatic rings. The van der Waals surface area contributed by atoms with Gasteiger partial charge in [-0.15, -0.1) is 0 Å². The number of carbonyl (C=O) groups is 1. The van der Waals surface area contributed by atoms with Crippen molar-refractivity contribution in [2.45, 2.75) is 25.7 Å². The van der Waals surface area contributed by atoms with Gasteiger partial charge in [-0.2, -0.15) is 4.98 Å². The molecule has 1 aromatic heterocycles. The maximum Gasteiger partial charge on any atom is 0.232 e. The molecule has 1 fully saturated rings. The van der Waals surface area contributed by atoms with Gasteiger partial charge in [0.05, 0.1) is 6.42 Å². The fraction of sp³-hybridized carbons (Fsp3) is 0.421. The van der Waals surface area contributed by atoms with Gasteiger partial charge in [0.25, 0.3) is 0 Å². The number of rotatable bonds is 3. The maximum absolute atomic E-state index is 11.8. The Balaban J connectivity index is 1.41. The summed E-state index contributed by atoms with van der Waals surface area (Å²) in [5.41, 5.74) is 2.36. The van der Waals surface area contributed by atoms with E-state index in [0.717, 1.165) is 55.6 Å². The zero-order valence-electron chi connectivity index (χ0n) is 14.0. The van der Waals surface area contributed by atoms with E-state index in [9.17, 15) is 4.79 Å². The minimum atomic E-state index is 0.0954. The molecule has 0 atom stereocenters. The Morgan fingerprint density at radius 3 is 2.67 bits per heavy atom. The van der Waals surface area contributed by atoms with Gasteiger partial charge in [-0.1, -0.05) is 30.3 Å². The van der Waals surface area contributed by atoms with Crippen LogP contribution in [0.5, 0.6) is 0 Å². The van der Waals surface area contributed by atoms with E-state index in [4.69, 9.17) is 0 Å². The fourth-order valence-electron chi connectivity index (χ4n) is 3.64. The van der Waals surface area contributed by atoms with E-state index < -0.39 is 0 Å². The molecule has 1 aromatic carbocycles. The Labute approximate surface area is 142 Å². The Morgan fingerprint density at radius 1 is 1.17 bits per heavy atom. The first kappa shape index (κ1) is 15.1. The highest BCUT2D eigenvalue weighted by Gasteiger charge is 2.28. The maximum atomic E-state index is 11.8.